The van der Waals surface area contributed by atoms with E-state index >= 15 is 0 Å². The molecule has 2 heterocycles. The minimum absolute atomic E-state index is 0.278. The first-order valence-electron chi connectivity index (χ1n) is 8.16. The van der Waals surface area contributed by atoms with E-state index in [-0.39, 0.29) is 6.10 Å². The van der Waals surface area contributed by atoms with Crippen molar-refractivity contribution in [1.82, 2.24) is 10.2 Å². The molecule has 2 aliphatic heterocycles. The summed E-state index contributed by atoms with van der Waals surface area (Å²) in [6.45, 7) is 6.75. The van der Waals surface area contributed by atoms with E-state index in [2.05, 4.69) is 17.1 Å². The van der Waals surface area contributed by atoms with Crippen LogP contribution in [0.1, 0.15) is 31.7 Å². The van der Waals surface area contributed by atoms with Gasteiger partial charge in [-0.1, -0.05) is 18.5 Å². The Labute approximate surface area is 132 Å². The summed E-state index contributed by atoms with van der Waals surface area (Å²) in [6, 6.07) is 6.68. The molecule has 0 aliphatic carbocycles. The van der Waals surface area contributed by atoms with Crippen LogP contribution in [0.3, 0.4) is 0 Å². The lowest BCUT2D eigenvalue weighted by Crippen LogP contribution is -2.47. The molecule has 0 saturated carbocycles. The van der Waals surface area contributed by atoms with Gasteiger partial charge in [0.05, 0.1) is 0 Å². The first-order valence-corrected chi connectivity index (χ1v) is 8.54. The van der Waals surface area contributed by atoms with Crippen molar-refractivity contribution in [2.75, 3.05) is 26.2 Å². The van der Waals surface area contributed by atoms with E-state index in [1.165, 1.54) is 31.4 Å². The third kappa shape index (κ3) is 3.71. The zero-order valence-corrected chi connectivity index (χ0v) is 13.5. The maximum absolute atomic E-state index is 6.11. The second-order valence-corrected chi connectivity index (χ2v) is 6.61. The predicted molar refractivity (Wildman–Crippen MR) is 87.3 cm³/mol. The van der Waals surface area contributed by atoms with Crippen molar-refractivity contribution < 1.29 is 4.74 Å². The van der Waals surface area contributed by atoms with Gasteiger partial charge in [0.1, 0.15) is 11.9 Å². The van der Waals surface area contributed by atoms with Crippen molar-refractivity contribution in [1.29, 1.82) is 0 Å². The van der Waals surface area contributed by atoms with Crippen molar-refractivity contribution in [3.8, 4) is 5.75 Å². The summed E-state index contributed by atoms with van der Waals surface area (Å²) < 4.78 is 6.11. The summed E-state index contributed by atoms with van der Waals surface area (Å²) in [5.41, 5.74) is 1.26. The van der Waals surface area contributed by atoms with Gasteiger partial charge in [-0.05, 0) is 62.7 Å². The SMILES string of the molecule is CCCN(CC1Cc2cc(Cl)ccc2O1)C1CCNCC1. The van der Waals surface area contributed by atoms with Crippen molar-refractivity contribution in [2.45, 2.75) is 44.8 Å². The minimum Gasteiger partial charge on any atom is -0.488 e. The standard InChI is InChI=1S/C17H25ClN2O/c1-2-9-20(15-5-7-19-8-6-15)12-16-11-13-10-14(18)3-4-17(13)21-16/h3-4,10,15-16,19H,2,5-9,11-12H2,1H3. The van der Waals surface area contributed by atoms with Crippen molar-refractivity contribution in [3.05, 3.63) is 28.8 Å². The number of nitrogens with one attached hydrogen (secondary N) is 1. The van der Waals surface area contributed by atoms with Crippen LogP contribution in [-0.4, -0.2) is 43.2 Å². The highest BCUT2D eigenvalue weighted by molar-refractivity contribution is 6.30. The molecule has 3 rings (SSSR count). The average Bonchev–Trinajstić information content (AvgIpc) is 2.89. The average molecular weight is 309 g/mol. The van der Waals surface area contributed by atoms with Crippen LogP contribution in [0.25, 0.3) is 0 Å². The number of halogens is 1. The Kier molecular flexibility index (Phi) is 5.04. The molecule has 116 valence electrons. The second-order valence-electron chi connectivity index (χ2n) is 6.17. The highest BCUT2D eigenvalue weighted by Crippen LogP contribution is 2.31. The van der Waals surface area contributed by atoms with Gasteiger partial charge < -0.3 is 10.1 Å². The molecule has 0 radical (unpaired) electrons. The Bertz CT molecular complexity index is 474. The van der Waals surface area contributed by atoms with Gasteiger partial charge in [0, 0.05) is 24.0 Å². The van der Waals surface area contributed by atoms with Crippen LogP contribution in [0.2, 0.25) is 5.02 Å². The lowest BCUT2D eigenvalue weighted by atomic mass is 10.0. The summed E-state index contributed by atoms with van der Waals surface area (Å²) in [7, 11) is 0. The van der Waals surface area contributed by atoms with Crippen LogP contribution < -0.4 is 10.1 Å². The first-order chi connectivity index (χ1) is 10.3. The van der Waals surface area contributed by atoms with E-state index in [9.17, 15) is 0 Å². The molecule has 0 spiro atoms. The molecule has 3 nitrogen and oxygen atoms in total. The van der Waals surface area contributed by atoms with E-state index in [4.69, 9.17) is 16.3 Å². The van der Waals surface area contributed by atoms with Crippen molar-refractivity contribution in [2.24, 2.45) is 0 Å². The van der Waals surface area contributed by atoms with Crippen LogP contribution in [0.4, 0.5) is 0 Å². The highest BCUT2D eigenvalue weighted by Gasteiger charge is 2.28. The molecule has 1 fully saturated rings. The monoisotopic (exact) mass is 308 g/mol. The van der Waals surface area contributed by atoms with Gasteiger partial charge >= 0.3 is 0 Å². The van der Waals surface area contributed by atoms with E-state index in [0.29, 0.717) is 6.04 Å². The number of benzene rings is 1. The fourth-order valence-electron chi connectivity index (χ4n) is 3.53. The number of rotatable bonds is 5. The molecular weight excluding hydrogens is 284 g/mol. The van der Waals surface area contributed by atoms with Crippen LogP contribution in [0.5, 0.6) is 5.75 Å². The van der Waals surface area contributed by atoms with Gasteiger partial charge in [0.15, 0.2) is 0 Å². The predicted octanol–water partition coefficient (Wildman–Crippen LogP) is 3.11. The number of piperidine rings is 1. The molecule has 1 N–H and O–H groups in total. The fraction of sp³-hybridized carbons (Fsp3) is 0.647. The Morgan fingerprint density at radius 1 is 1.33 bits per heavy atom. The normalized spacial score (nSPS) is 22.3. The molecule has 0 amide bonds. The Morgan fingerprint density at radius 2 is 2.14 bits per heavy atom. The van der Waals surface area contributed by atoms with Crippen molar-refractivity contribution in [3.63, 3.8) is 0 Å². The second kappa shape index (κ2) is 6.99. The van der Waals surface area contributed by atoms with Crippen LogP contribution >= 0.6 is 11.6 Å². The molecule has 4 heteroatoms. The summed E-state index contributed by atoms with van der Waals surface area (Å²) in [5, 5.41) is 4.26. The maximum atomic E-state index is 6.11. The van der Waals surface area contributed by atoms with E-state index in [0.717, 1.165) is 36.8 Å². The lowest BCUT2D eigenvalue weighted by Gasteiger charge is -2.35. The molecule has 2 aliphatic rings. The Morgan fingerprint density at radius 3 is 2.90 bits per heavy atom. The summed E-state index contributed by atoms with van der Waals surface area (Å²) in [4.78, 5) is 2.64. The molecule has 1 saturated heterocycles. The molecular formula is C17H25ClN2O. The third-order valence-electron chi connectivity index (χ3n) is 4.54. The smallest absolute Gasteiger partial charge is 0.123 e. The van der Waals surface area contributed by atoms with Gasteiger partial charge in [0.2, 0.25) is 0 Å². The number of hydrogen-bond donors (Lipinski definition) is 1. The van der Waals surface area contributed by atoms with Gasteiger partial charge in [-0.25, -0.2) is 0 Å². The quantitative estimate of drug-likeness (QED) is 0.904. The molecule has 1 atom stereocenters. The van der Waals surface area contributed by atoms with E-state index < -0.39 is 0 Å². The molecule has 1 aromatic rings. The van der Waals surface area contributed by atoms with Crippen LogP contribution in [-0.2, 0) is 6.42 Å². The third-order valence-corrected chi connectivity index (χ3v) is 4.77. The largest absolute Gasteiger partial charge is 0.488 e. The minimum atomic E-state index is 0.278. The fourth-order valence-corrected chi connectivity index (χ4v) is 3.73. The summed E-state index contributed by atoms with van der Waals surface area (Å²) >= 11 is 6.08. The molecule has 1 unspecified atom stereocenters. The number of fused-ring (bicyclic) bond motifs is 1. The lowest BCUT2D eigenvalue weighted by molar-refractivity contribution is 0.0999. The van der Waals surface area contributed by atoms with Crippen molar-refractivity contribution >= 4 is 11.6 Å². The zero-order valence-electron chi connectivity index (χ0n) is 12.8. The molecule has 1 aromatic carbocycles. The van der Waals surface area contributed by atoms with Gasteiger partial charge in [0.25, 0.3) is 0 Å². The van der Waals surface area contributed by atoms with Gasteiger partial charge in [-0.2, -0.15) is 0 Å². The molecule has 0 bridgehead atoms. The topological polar surface area (TPSA) is 24.5 Å². The summed E-state index contributed by atoms with van der Waals surface area (Å²) in [5.74, 6) is 1.02. The van der Waals surface area contributed by atoms with E-state index in [1.54, 1.807) is 0 Å². The molecule has 0 aromatic heterocycles. The number of nitrogens with zero attached hydrogens (tertiary/aromatic N) is 1. The number of ether oxygens (including phenoxy) is 1. The zero-order chi connectivity index (χ0) is 14.7. The summed E-state index contributed by atoms with van der Waals surface area (Å²) in [6.07, 6.45) is 4.98. The first kappa shape index (κ1) is 15.1. The van der Waals surface area contributed by atoms with Crippen LogP contribution in [0, 0.1) is 0 Å². The maximum Gasteiger partial charge on any atom is 0.123 e. The van der Waals surface area contributed by atoms with Gasteiger partial charge in [-0.15, -0.1) is 0 Å². The van der Waals surface area contributed by atoms with E-state index in [1.807, 2.05) is 18.2 Å². The Hall–Kier alpha value is -0.770. The number of hydrogen-bond acceptors (Lipinski definition) is 3. The Balaban J connectivity index is 1.61. The molecule has 21 heavy (non-hydrogen) atoms. The highest BCUT2D eigenvalue weighted by atomic mass is 35.5. The van der Waals surface area contributed by atoms with Crippen LogP contribution in [0.15, 0.2) is 18.2 Å². The van der Waals surface area contributed by atoms with Gasteiger partial charge in [-0.3, -0.25) is 4.90 Å².